The summed E-state index contributed by atoms with van der Waals surface area (Å²) in [5.74, 6) is -1.43. The zero-order chi connectivity index (χ0) is 26.5. The number of nitrogens with one attached hydrogen (secondary N) is 2. The molecule has 36 heavy (non-hydrogen) atoms. The Labute approximate surface area is 204 Å². The zero-order valence-corrected chi connectivity index (χ0v) is 19.6. The van der Waals surface area contributed by atoms with E-state index in [-0.39, 0.29) is 16.9 Å². The number of carbonyl (C=O) groups excluding carboxylic acids is 3. The average molecular weight is 500 g/mol. The van der Waals surface area contributed by atoms with Gasteiger partial charge in [0.05, 0.1) is 29.1 Å². The molecule has 188 valence electrons. The molecule has 2 amide bonds. The second-order valence-corrected chi connectivity index (χ2v) is 8.72. The summed E-state index contributed by atoms with van der Waals surface area (Å²) in [7, 11) is 0. The van der Waals surface area contributed by atoms with Crippen LogP contribution in [-0.2, 0) is 15.7 Å². The number of anilines is 2. The minimum atomic E-state index is -4.69. The minimum Gasteiger partial charge on any atom is -0.444 e. The van der Waals surface area contributed by atoms with Gasteiger partial charge in [0.25, 0.3) is 0 Å². The second-order valence-electron chi connectivity index (χ2n) is 8.72. The Hall–Kier alpha value is -4.28. The maximum Gasteiger partial charge on any atom is 0.416 e. The summed E-state index contributed by atoms with van der Waals surface area (Å²) in [6.07, 6.45) is -4.76. The number of amides is 2. The Morgan fingerprint density at radius 1 is 0.917 bits per heavy atom. The first-order valence-electron chi connectivity index (χ1n) is 10.7. The number of benzene rings is 2. The lowest BCUT2D eigenvalue weighted by Gasteiger charge is -2.21. The standard InChI is InChI=1S/C25H23F3N4O4/c1-24(2,3)36-23(35)31-19-10-9-17(25(26,27)28)13-20(19)30-22(34)14-21(33)16-7-4-6-15(12-16)18-8-5-11-29-32-18/h4-13H,14H2,1-3H3,(H,30,34)(H,31,35). The molecule has 1 heterocycles. The Morgan fingerprint density at radius 2 is 1.67 bits per heavy atom. The molecule has 0 unspecified atom stereocenters. The van der Waals surface area contributed by atoms with Crippen LogP contribution in [-0.4, -0.2) is 33.6 Å². The van der Waals surface area contributed by atoms with Crippen molar-refractivity contribution in [2.45, 2.75) is 39.0 Å². The fraction of sp³-hybridized carbons (Fsp3) is 0.240. The van der Waals surface area contributed by atoms with Crippen molar-refractivity contribution in [3.8, 4) is 11.3 Å². The van der Waals surface area contributed by atoms with E-state index in [1.807, 2.05) is 0 Å². The maximum absolute atomic E-state index is 13.2. The highest BCUT2D eigenvalue weighted by atomic mass is 19.4. The van der Waals surface area contributed by atoms with Crippen molar-refractivity contribution < 1.29 is 32.3 Å². The van der Waals surface area contributed by atoms with Crippen LogP contribution in [0.25, 0.3) is 11.3 Å². The topological polar surface area (TPSA) is 110 Å². The van der Waals surface area contributed by atoms with Gasteiger partial charge in [-0.2, -0.15) is 23.4 Å². The number of aromatic nitrogens is 2. The highest BCUT2D eigenvalue weighted by Gasteiger charge is 2.31. The molecule has 0 bridgehead atoms. The number of hydrogen-bond donors (Lipinski definition) is 2. The molecule has 0 atom stereocenters. The van der Waals surface area contributed by atoms with Crippen molar-refractivity contribution in [3.63, 3.8) is 0 Å². The van der Waals surface area contributed by atoms with Gasteiger partial charge in [0.2, 0.25) is 5.91 Å². The molecule has 0 radical (unpaired) electrons. The normalized spacial score (nSPS) is 11.5. The van der Waals surface area contributed by atoms with Gasteiger partial charge in [0, 0.05) is 17.3 Å². The van der Waals surface area contributed by atoms with Crippen molar-refractivity contribution in [2.75, 3.05) is 10.6 Å². The van der Waals surface area contributed by atoms with Gasteiger partial charge >= 0.3 is 12.3 Å². The second kappa shape index (κ2) is 10.5. The van der Waals surface area contributed by atoms with Crippen LogP contribution in [0.1, 0.15) is 43.1 Å². The highest BCUT2D eigenvalue weighted by molar-refractivity contribution is 6.12. The first-order chi connectivity index (χ1) is 16.8. The third-order valence-electron chi connectivity index (χ3n) is 4.63. The fourth-order valence-corrected chi connectivity index (χ4v) is 3.10. The number of Topliss-reactive ketones (excluding diaryl/α,β-unsaturated/α-hetero) is 1. The zero-order valence-electron chi connectivity index (χ0n) is 19.6. The van der Waals surface area contributed by atoms with Crippen LogP contribution in [0.3, 0.4) is 0 Å². The lowest BCUT2D eigenvalue weighted by Crippen LogP contribution is -2.28. The summed E-state index contributed by atoms with van der Waals surface area (Å²) in [5, 5.41) is 12.4. The van der Waals surface area contributed by atoms with Crippen LogP contribution >= 0.6 is 0 Å². The molecular weight excluding hydrogens is 477 g/mol. The van der Waals surface area contributed by atoms with Gasteiger partial charge in [0.15, 0.2) is 5.78 Å². The Morgan fingerprint density at radius 3 is 2.31 bits per heavy atom. The number of rotatable bonds is 6. The van der Waals surface area contributed by atoms with Crippen molar-refractivity contribution in [1.82, 2.24) is 10.2 Å². The van der Waals surface area contributed by atoms with E-state index in [4.69, 9.17) is 4.74 Å². The van der Waals surface area contributed by atoms with Crippen LogP contribution in [0.2, 0.25) is 0 Å². The molecule has 2 N–H and O–H groups in total. The van der Waals surface area contributed by atoms with E-state index >= 15 is 0 Å². The van der Waals surface area contributed by atoms with Crippen LogP contribution < -0.4 is 10.6 Å². The van der Waals surface area contributed by atoms with Crippen LogP contribution in [0.15, 0.2) is 60.8 Å². The quantitative estimate of drug-likeness (QED) is 0.331. The molecule has 0 aliphatic carbocycles. The molecule has 8 nitrogen and oxygen atoms in total. The Kier molecular flexibility index (Phi) is 7.71. The lowest BCUT2D eigenvalue weighted by atomic mass is 10.0. The van der Waals surface area contributed by atoms with E-state index in [1.165, 1.54) is 12.3 Å². The number of alkyl halides is 3. The third kappa shape index (κ3) is 7.36. The van der Waals surface area contributed by atoms with E-state index in [9.17, 15) is 27.6 Å². The first-order valence-corrected chi connectivity index (χ1v) is 10.7. The van der Waals surface area contributed by atoms with Crippen molar-refractivity contribution in [2.24, 2.45) is 0 Å². The van der Waals surface area contributed by atoms with Crippen LogP contribution in [0.5, 0.6) is 0 Å². The smallest absolute Gasteiger partial charge is 0.416 e. The average Bonchev–Trinajstić information content (AvgIpc) is 2.79. The molecule has 0 saturated heterocycles. The van der Waals surface area contributed by atoms with Gasteiger partial charge in [-0.25, -0.2) is 4.79 Å². The molecule has 3 rings (SSSR count). The summed E-state index contributed by atoms with van der Waals surface area (Å²) < 4.78 is 44.8. The first kappa shape index (κ1) is 26.3. The number of ether oxygens (including phenoxy) is 1. The number of hydrogen-bond acceptors (Lipinski definition) is 6. The summed E-state index contributed by atoms with van der Waals surface area (Å²) in [6.45, 7) is 4.85. The van der Waals surface area contributed by atoms with E-state index in [2.05, 4.69) is 20.8 Å². The molecular formula is C25H23F3N4O4. The molecule has 1 aromatic heterocycles. The van der Waals surface area contributed by atoms with Crippen molar-refractivity contribution in [1.29, 1.82) is 0 Å². The van der Waals surface area contributed by atoms with Crippen LogP contribution in [0, 0.1) is 0 Å². The lowest BCUT2D eigenvalue weighted by molar-refractivity contribution is -0.137. The number of halogens is 3. The maximum atomic E-state index is 13.2. The molecule has 3 aromatic rings. The molecule has 0 fully saturated rings. The van der Waals surface area contributed by atoms with Gasteiger partial charge in [-0.15, -0.1) is 0 Å². The number of nitrogens with zero attached hydrogens (tertiary/aromatic N) is 2. The van der Waals surface area contributed by atoms with E-state index in [0.717, 1.165) is 12.1 Å². The van der Waals surface area contributed by atoms with Gasteiger partial charge in [0.1, 0.15) is 5.60 Å². The Bertz CT molecular complexity index is 1270. The van der Waals surface area contributed by atoms with Crippen molar-refractivity contribution in [3.05, 3.63) is 71.9 Å². The SMILES string of the molecule is CC(C)(C)OC(=O)Nc1ccc(C(F)(F)F)cc1NC(=O)CC(=O)c1cccc(-c2cccnn2)c1. The Balaban J connectivity index is 1.79. The third-order valence-corrected chi connectivity index (χ3v) is 4.63. The van der Waals surface area contributed by atoms with Gasteiger partial charge in [-0.1, -0.05) is 18.2 Å². The monoisotopic (exact) mass is 500 g/mol. The predicted octanol–water partition coefficient (Wildman–Crippen LogP) is 5.72. The molecule has 0 aliphatic rings. The molecule has 0 spiro atoms. The predicted molar refractivity (Wildman–Crippen MR) is 126 cm³/mol. The molecule has 11 heteroatoms. The molecule has 2 aromatic carbocycles. The van der Waals surface area contributed by atoms with Gasteiger partial charge < -0.3 is 10.1 Å². The summed E-state index contributed by atoms with van der Waals surface area (Å²) in [5.41, 5.74) is -1.01. The molecule has 0 saturated carbocycles. The molecule has 0 aliphatic heterocycles. The van der Waals surface area contributed by atoms with Crippen molar-refractivity contribution >= 4 is 29.2 Å². The number of carbonyl (C=O) groups is 3. The van der Waals surface area contributed by atoms with Gasteiger partial charge in [-0.3, -0.25) is 14.9 Å². The van der Waals surface area contributed by atoms with Gasteiger partial charge in [-0.05, 0) is 57.2 Å². The minimum absolute atomic E-state index is 0.123. The summed E-state index contributed by atoms with van der Waals surface area (Å²) in [4.78, 5) is 37.4. The summed E-state index contributed by atoms with van der Waals surface area (Å²) >= 11 is 0. The van der Waals surface area contributed by atoms with E-state index < -0.39 is 41.5 Å². The number of ketones is 1. The largest absolute Gasteiger partial charge is 0.444 e. The van der Waals surface area contributed by atoms with E-state index in [0.29, 0.717) is 17.3 Å². The fourth-order valence-electron chi connectivity index (χ4n) is 3.10. The van der Waals surface area contributed by atoms with Crippen LogP contribution in [0.4, 0.5) is 29.3 Å². The summed E-state index contributed by atoms with van der Waals surface area (Å²) in [6, 6.07) is 12.2. The highest BCUT2D eigenvalue weighted by Crippen LogP contribution is 2.34. The van der Waals surface area contributed by atoms with E-state index in [1.54, 1.807) is 51.1 Å².